The molecule has 0 bridgehead atoms. The van der Waals surface area contributed by atoms with Gasteiger partial charge in [0.05, 0.1) is 20.8 Å². The molecule has 7 heteroatoms. The number of carbonyl (C=O) groups excluding carboxylic acids is 1. The molecule has 5 nitrogen and oxygen atoms in total. The summed E-state index contributed by atoms with van der Waals surface area (Å²) >= 11 is 12.0. The third kappa shape index (κ3) is 6.94. The maximum atomic E-state index is 12.1. The monoisotopic (exact) mass is 410 g/mol. The lowest BCUT2D eigenvalue weighted by Crippen LogP contribution is -2.35. The predicted molar refractivity (Wildman–Crippen MR) is 109 cm³/mol. The van der Waals surface area contributed by atoms with E-state index < -0.39 is 0 Å². The van der Waals surface area contributed by atoms with Crippen molar-refractivity contribution in [3.63, 3.8) is 0 Å². The normalized spacial score (nSPS) is 10.7. The molecule has 146 valence electrons. The Kier molecular flexibility index (Phi) is 8.23. The summed E-state index contributed by atoms with van der Waals surface area (Å²) in [4.78, 5) is 14.1. The molecule has 1 N–H and O–H groups in total. The first kappa shape index (κ1) is 21.4. The zero-order valence-electron chi connectivity index (χ0n) is 15.7. The van der Waals surface area contributed by atoms with Crippen LogP contribution in [0.1, 0.15) is 11.1 Å². The molecule has 2 aromatic rings. The van der Waals surface area contributed by atoms with Gasteiger partial charge in [0.25, 0.3) is 0 Å². The van der Waals surface area contributed by atoms with Crippen molar-refractivity contribution in [2.24, 2.45) is 0 Å². The van der Waals surface area contributed by atoms with Gasteiger partial charge < -0.3 is 14.8 Å². The van der Waals surface area contributed by atoms with E-state index in [0.29, 0.717) is 41.1 Å². The third-order valence-corrected chi connectivity index (χ3v) is 4.41. The number of carbonyl (C=O) groups is 1. The van der Waals surface area contributed by atoms with Crippen LogP contribution in [0.3, 0.4) is 0 Å². The number of hydrogen-bond acceptors (Lipinski definition) is 4. The smallest absolute Gasteiger partial charge is 0.234 e. The number of nitrogens with one attached hydrogen (secondary N) is 1. The molecule has 0 saturated carbocycles. The number of nitrogens with zero attached hydrogens (tertiary/aromatic N) is 1. The molecule has 0 radical (unpaired) electrons. The molecule has 2 aromatic carbocycles. The van der Waals surface area contributed by atoms with Gasteiger partial charge in [-0.1, -0.05) is 29.3 Å². The summed E-state index contributed by atoms with van der Waals surface area (Å²) in [5.74, 6) is 1.33. The molecule has 0 aliphatic rings. The van der Waals surface area contributed by atoms with Crippen LogP contribution in [0, 0.1) is 0 Å². The van der Waals surface area contributed by atoms with E-state index in [-0.39, 0.29) is 12.5 Å². The minimum absolute atomic E-state index is 0.0360. The lowest BCUT2D eigenvalue weighted by Gasteiger charge is -2.17. The van der Waals surface area contributed by atoms with Gasteiger partial charge in [-0.2, -0.15) is 0 Å². The van der Waals surface area contributed by atoms with Crippen molar-refractivity contribution in [2.45, 2.75) is 13.0 Å². The van der Waals surface area contributed by atoms with Crippen molar-refractivity contribution in [2.75, 3.05) is 34.4 Å². The third-order valence-electron chi connectivity index (χ3n) is 3.97. The van der Waals surface area contributed by atoms with E-state index in [0.717, 1.165) is 11.1 Å². The summed E-state index contributed by atoms with van der Waals surface area (Å²) in [5, 5.41) is 4.11. The van der Waals surface area contributed by atoms with Crippen molar-refractivity contribution < 1.29 is 14.3 Å². The maximum Gasteiger partial charge on any atom is 0.234 e. The van der Waals surface area contributed by atoms with Crippen LogP contribution in [0.15, 0.2) is 36.4 Å². The molecule has 1 amide bonds. The van der Waals surface area contributed by atoms with Gasteiger partial charge in [-0.3, -0.25) is 9.69 Å². The average Bonchev–Trinajstić information content (AvgIpc) is 2.60. The quantitative estimate of drug-likeness (QED) is 0.682. The number of halogens is 2. The highest BCUT2D eigenvalue weighted by atomic mass is 35.5. The van der Waals surface area contributed by atoms with Crippen LogP contribution in [-0.4, -0.2) is 45.2 Å². The van der Waals surface area contributed by atoms with Gasteiger partial charge in [-0.25, -0.2) is 0 Å². The summed E-state index contributed by atoms with van der Waals surface area (Å²) in [5.41, 5.74) is 2.03. The largest absolute Gasteiger partial charge is 0.493 e. The number of likely N-dealkylation sites (N-methyl/N-ethyl adjacent to an activating group) is 1. The second-order valence-electron chi connectivity index (χ2n) is 6.24. The number of amides is 1. The van der Waals surface area contributed by atoms with Gasteiger partial charge in [0.2, 0.25) is 5.91 Å². The van der Waals surface area contributed by atoms with Crippen molar-refractivity contribution in [3.8, 4) is 11.5 Å². The lowest BCUT2D eigenvalue weighted by molar-refractivity contribution is -0.122. The number of methoxy groups -OCH3 is 2. The molecule has 27 heavy (non-hydrogen) atoms. The highest BCUT2D eigenvalue weighted by Gasteiger charge is 2.09. The first-order valence-electron chi connectivity index (χ1n) is 8.52. The minimum Gasteiger partial charge on any atom is -0.493 e. The Balaban J connectivity index is 1.78. The summed E-state index contributed by atoms with van der Waals surface area (Å²) in [7, 11) is 5.08. The molecule has 0 unspecified atom stereocenters. The predicted octanol–water partition coefficient (Wildman–Crippen LogP) is 3.80. The Labute approximate surface area is 170 Å². The molecule has 2 rings (SSSR count). The van der Waals surface area contributed by atoms with Crippen LogP contribution in [0.5, 0.6) is 11.5 Å². The zero-order valence-corrected chi connectivity index (χ0v) is 17.2. The fourth-order valence-corrected chi connectivity index (χ4v) is 3.32. The Bertz CT molecular complexity index is 764. The van der Waals surface area contributed by atoms with Crippen molar-refractivity contribution in [1.29, 1.82) is 0 Å². The molecular weight excluding hydrogens is 387 g/mol. The average molecular weight is 411 g/mol. The van der Waals surface area contributed by atoms with Crippen LogP contribution in [0.4, 0.5) is 0 Å². The highest BCUT2D eigenvalue weighted by molar-refractivity contribution is 6.34. The van der Waals surface area contributed by atoms with Crippen molar-refractivity contribution in [1.82, 2.24) is 10.2 Å². The highest BCUT2D eigenvalue weighted by Crippen LogP contribution is 2.27. The van der Waals surface area contributed by atoms with Gasteiger partial charge in [-0.05, 0) is 54.9 Å². The molecule has 0 heterocycles. The van der Waals surface area contributed by atoms with Gasteiger partial charge in [0.1, 0.15) is 0 Å². The van der Waals surface area contributed by atoms with E-state index in [1.165, 1.54) is 0 Å². The molecule has 0 aliphatic heterocycles. The topological polar surface area (TPSA) is 50.8 Å². The molecule has 0 saturated heterocycles. The molecule has 0 aromatic heterocycles. The van der Waals surface area contributed by atoms with Crippen LogP contribution in [0.2, 0.25) is 10.0 Å². The fourth-order valence-electron chi connectivity index (χ4n) is 2.75. The lowest BCUT2D eigenvalue weighted by atomic mass is 10.1. The zero-order chi connectivity index (χ0) is 19.8. The molecule has 0 aliphatic carbocycles. The Morgan fingerprint density at radius 1 is 1.00 bits per heavy atom. The molecule has 0 fully saturated rings. The van der Waals surface area contributed by atoms with Crippen LogP contribution in [-0.2, 0) is 17.8 Å². The minimum atomic E-state index is -0.0360. The number of hydrogen-bond donors (Lipinski definition) is 1. The van der Waals surface area contributed by atoms with Gasteiger partial charge in [0.15, 0.2) is 11.5 Å². The summed E-state index contributed by atoms with van der Waals surface area (Å²) in [6.07, 6.45) is 0.708. The van der Waals surface area contributed by atoms with Crippen LogP contribution >= 0.6 is 23.2 Å². The van der Waals surface area contributed by atoms with E-state index in [2.05, 4.69) is 5.32 Å². The van der Waals surface area contributed by atoms with Crippen molar-refractivity contribution in [3.05, 3.63) is 57.6 Å². The summed E-state index contributed by atoms with van der Waals surface area (Å²) in [6, 6.07) is 11.1. The standard InChI is InChI=1S/C20H24Cl2N2O3/c1-24(12-15-8-16(21)11-17(22)9-15)13-20(25)23-7-6-14-4-5-18(26-2)19(10-14)27-3/h4-5,8-11H,6-7,12-13H2,1-3H3,(H,23,25). The van der Waals surface area contributed by atoms with E-state index in [4.69, 9.17) is 32.7 Å². The van der Waals surface area contributed by atoms with Gasteiger partial charge in [-0.15, -0.1) is 0 Å². The first-order chi connectivity index (χ1) is 12.9. The molecule has 0 spiro atoms. The van der Waals surface area contributed by atoms with E-state index in [1.54, 1.807) is 20.3 Å². The van der Waals surface area contributed by atoms with E-state index in [1.807, 2.05) is 42.3 Å². The number of ether oxygens (including phenoxy) is 2. The van der Waals surface area contributed by atoms with E-state index in [9.17, 15) is 4.79 Å². The van der Waals surface area contributed by atoms with Gasteiger partial charge in [0, 0.05) is 23.1 Å². The first-order valence-corrected chi connectivity index (χ1v) is 9.28. The maximum absolute atomic E-state index is 12.1. The fraction of sp³-hybridized carbons (Fsp3) is 0.350. The summed E-state index contributed by atoms with van der Waals surface area (Å²) < 4.78 is 10.5. The Hall–Kier alpha value is -1.95. The Morgan fingerprint density at radius 2 is 1.67 bits per heavy atom. The molecule has 0 atom stereocenters. The van der Waals surface area contributed by atoms with Crippen LogP contribution < -0.4 is 14.8 Å². The Morgan fingerprint density at radius 3 is 2.30 bits per heavy atom. The summed E-state index contributed by atoms with van der Waals surface area (Å²) in [6.45, 7) is 1.42. The molecular formula is C20H24Cl2N2O3. The van der Waals surface area contributed by atoms with Gasteiger partial charge >= 0.3 is 0 Å². The van der Waals surface area contributed by atoms with Crippen LogP contribution in [0.25, 0.3) is 0 Å². The van der Waals surface area contributed by atoms with Crippen molar-refractivity contribution >= 4 is 29.1 Å². The van der Waals surface area contributed by atoms with E-state index >= 15 is 0 Å². The second-order valence-corrected chi connectivity index (χ2v) is 7.11. The number of rotatable bonds is 9. The SMILES string of the molecule is COc1ccc(CCNC(=O)CN(C)Cc2cc(Cl)cc(Cl)c2)cc1OC. The number of benzene rings is 2. The second kappa shape index (κ2) is 10.4.